The lowest BCUT2D eigenvalue weighted by Crippen LogP contribution is -2.23. The van der Waals surface area contributed by atoms with Gasteiger partial charge in [0.2, 0.25) is 5.91 Å². The van der Waals surface area contributed by atoms with Crippen LogP contribution in [0.4, 0.5) is 15.2 Å². The summed E-state index contributed by atoms with van der Waals surface area (Å²) in [5.41, 5.74) is 1.33. The van der Waals surface area contributed by atoms with E-state index in [0.717, 1.165) is 0 Å². The minimum absolute atomic E-state index is 0.161. The standard InChI is InChI=1S/C19H14FN3O2S/c1-13(24)23(18-5-3-2-4-17(18)20)19-22-15(12-26-19)11-25-16-8-6-14(10-21)7-9-16/h2-9,12H,11H2,1H3. The molecular formula is C19H14FN3O2S. The van der Waals surface area contributed by atoms with Gasteiger partial charge in [-0.15, -0.1) is 11.3 Å². The number of rotatable bonds is 5. The van der Waals surface area contributed by atoms with Crippen LogP contribution >= 0.6 is 11.3 Å². The Morgan fingerprint density at radius 2 is 2.00 bits per heavy atom. The van der Waals surface area contributed by atoms with E-state index in [1.807, 2.05) is 6.07 Å². The molecule has 3 rings (SSSR count). The van der Waals surface area contributed by atoms with Gasteiger partial charge in [0.1, 0.15) is 18.2 Å². The van der Waals surface area contributed by atoms with Gasteiger partial charge in [-0.3, -0.25) is 9.69 Å². The van der Waals surface area contributed by atoms with Crippen LogP contribution in [0.25, 0.3) is 0 Å². The lowest BCUT2D eigenvalue weighted by molar-refractivity contribution is -0.115. The van der Waals surface area contributed by atoms with E-state index < -0.39 is 5.82 Å². The van der Waals surface area contributed by atoms with Gasteiger partial charge in [0.15, 0.2) is 5.13 Å². The summed E-state index contributed by atoms with van der Waals surface area (Å²) in [5, 5.41) is 10.9. The number of carbonyl (C=O) groups excluding carboxylic acids is 1. The van der Waals surface area contributed by atoms with Gasteiger partial charge < -0.3 is 4.74 Å². The minimum Gasteiger partial charge on any atom is -0.487 e. The average molecular weight is 367 g/mol. The Morgan fingerprint density at radius 3 is 2.65 bits per heavy atom. The van der Waals surface area contributed by atoms with Crippen molar-refractivity contribution in [2.45, 2.75) is 13.5 Å². The summed E-state index contributed by atoms with van der Waals surface area (Å²) in [4.78, 5) is 17.6. The average Bonchev–Trinajstić information content (AvgIpc) is 3.10. The third-order valence-electron chi connectivity index (χ3n) is 3.51. The maximum atomic E-state index is 14.1. The predicted molar refractivity (Wildman–Crippen MR) is 96.8 cm³/mol. The van der Waals surface area contributed by atoms with E-state index in [9.17, 15) is 9.18 Å². The van der Waals surface area contributed by atoms with E-state index in [0.29, 0.717) is 22.1 Å². The Kier molecular flexibility index (Phi) is 5.25. The number of carbonyl (C=O) groups is 1. The second-order valence-electron chi connectivity index (χ2n) is 5.35. The number of nitriles is 1. The molecule has 26 heavy (non-hydrogen) atoms. The first-order valence-corrected chi connectivity index (χ1v) is 8.59. The monoisotopic (exact) mass is 367 g/mol. The van der Waals surface area contributed by atoms with Gasteiger partial charge in [-0.2, -0.15) is 5.26 Å². The fourth-order valence-corrected chi connectivity index (χ4v) is 3.15. The molecule has 0 aliphatic rings. The molecule has 1 amide bonds. The van der Waals surface area contributed by atoms with Crippen molar-refractivity contribution < 1.29 is 13.9 Å². The third-order valence-corrected chi connectivity index (χ3v) is 4.38. The quantitative estimate of drug-likeness (QED) is 0.670. The van der Waals surface area contributed by atoms with E-state index in [-0.39, 0.29) is 18.2 Å². The highest BCUT2D eigenvalue weighted by molar-refractivity contribution is 7.14. The zero-order chi connectivity index (χ0) is 18.5. The largest absolute Gasteiger partial charge is 0.487 e. The maximum Gasteiger partial charge on any atom is 0.230 e. The molecule has 0 unspecified atom stereocenters. The lowest BCUT2D eigenvalue weighted by atomic mass is 10.2. The third kappa shape index (κ3) is 3.87. The first kappa shape index (κ1) is 17.6. The highest BCUT2D eigenvalue weighted by atomic mass is 32.1. The molecule has 0 aliphatic carbocycles. The fourth-order valence-electron chi connectivity index (χ4n) is 2.29. The molecule has 0 saturated carbocycles. The first-order valence-electron chi connectivity index (χ1n) is 7.71. The van der Waals surface area contributed by atoms with Gasteiger partial charge in [0.05, 0.1) is 23.0 Å². The van der Waals surface area contributed by atoms with Crippen LogP contribution in [0.3, 0.4) is 0 Å². The number of hydrogen-bond donors (Lipinski definition) is 0. The maximum absolute atomic E-state index is 14.1. The molecule has 7 heteroatoms. The summed E-state index contributed by atoms with van der Waals surface area (Å²) < 4.78 is 19.7. The Hall–Kier alpha value is -3.24. The van der Waals surface area contributed by atoms with Crippen LogP contribution in [-0.2, 0) is 11.4 Å². The van der Waals surface area contributed by atoms with Crippen molar-refractivity contribution >= 4 is 28.1 Å². The zero-order valence-electron chi connectivity index (χ0n) is 13.8. The predicted octanol–water partition coefficient (Wildman–Crippen LogP) is 4.42. The molecule has 0 aliphatic heterocycles. The molecular weight excluding hydrogens is 353 g/mol. The molecule has 0 radical (unpaired) electrons. The molecule has 0 spiro atoms. The second kappa shape index (κ2) is 7.76. The van der Waals surface area contributed by atoms with E-state index in [1.54, 1.807) is 41.8 Å². The van der Waals surface area contributed by atoms with Gasteiger partial charge in [0.25, 0.3) is 0 Å². The van der Waals surface area contributed by atoms with Crippen LogP contribution in [0.5, 0.6) is 5.75 Å². The van der Waals surface area contributed by atoms with E-state index in [4.69, 9.17) is 10.00 Å². The summed E-state index contributed by atoms with van der Waals surface area (Å²) in [7, 11) is 0. The Bertz CT molecular complexity index is 963. The Labute approximate surface area is 153 Å². The highest BCUT2D eigenvalue weighted by Crippen LogP contribution is 2.31. The van der Waals surface area contributed by atoms with Crippen molar-refractivity contribution in [2.75, 3.05) is 4.90 Å². The first-order chi connectivity index (χ1) is 12.6. The van der Waals surface area contributed by atoms with E-state index in [2.05, 4.69) is 4.98 Å². The van der Waals surface area contributed by atoms with Gasteiger partial charge in [0, 0.05) is 12.3 Å². The number of halogens is 1. The highest BCUT2D eigenvalue weighted by Gasteiger charge is 2.20. The zero-order valence-corrected chi connectivity index (χ0v) is 14.7. The molecule has 3 aromatic rings. The molecule has 0 bridgehead atoms. The van der Waals surface area contributed by atoms with Crippen molar-refractivity contribution in [3.63, 3.8) is 0 Å². The van der Waals surface area contributed by atoms with E-state index >= 15 is 0 Å². The number of benzene rings is 2. The Morgan fingerprint density at radius 1 is 1.27 bits per heavy atom. The van der Waals surface area contributed by atoms with Crippen LogP contribution in [0.1, 0.15) is 18.2 Å². The van der Waals surface area contributed by atoms with Gasteiger partial charge in [-0.1, -0.05) is 12.1 Å². The van der Waals surface area contributed by atoms with Crippen molar-refractivity contribution in [1.29, 1.82) is 5.26 Å². The van der Waals surface area contributed by atoms with Crippen LogP contribution in [0.2, 0.25) is 0 Å². The summed E-state index contributed by atoms with van der Waals surface area (Å²) in [5.74, 6) is -0.214. The molecule has 0 saturated heterocycles. The number of para-hydroxylation sites is 1. The summed E-state index contributed by atoms with van der Waals surface area (Å²) in [6.07, 6.45) is 0. The van der Waals surface area contributed by atoms with Crippen molar-refractivity contribution in [1.82, 2.24) is 4.98 Å². The summed E-state index contributed by atoms with van der Waals surface area (Å²) in [6.45, 7) is 1.56. The minimum atomic E-state index is -0.492. The van der Waals surface area contributed by atoms with Crippen molar-refractivity contribution in [3.05, 3.63) is 71.0 Å². The van der Waals surface area contributed by atoms with Gasteiger partial charge in [-0.25, -0.2) is 9.37 Å². The number of hydrogen-bond acceptors (Lipinski definition) is 5. The summed E-state index contributed by atoms with van der Waals surface area (Å²) >= 11 is 1.23. The Balaban J connectivity index is 1.76. The molecule has 1 aromatic heterocycles. The normalized spacial score (nSPS) is 10.2. The topological polar surface area (TPSA) is 66.2 Å². The smallest absolute Gasteiger partial charge is 0.230 e. The van der Waals surface area contributed by atoms with Crippen LogP contribution in [0, 0.1) is 17.1 Å². The van der Waals surface area contributed by atoms with Crippen molar-refractivity contribution in [3.8, 4) is 11.8 Å². The number of anilines is 2. The SMILES string of the molecule is CC(=O)N(c1nc(COc2ccc(C#N)cc2)cs1)c1ccccc1F. The number of thiazole rings is 1. The summed E-state index contributed by atoms with van der Waals surface area (Å²) in [6, 6.07) is 14.8. The number of nitrogens with zero attached hydrogens (tertiary/aromatic N) is 3. The van der Waals surface area contributed by atoms with Gasteiger partial charge in [-0.05, 0) is 36.4 Å². The number of aromatic nitrogens is 1. The molecule has 0 N–H and O–H groups in total. The number of ether oxygens (including phenoxy) is 1. The second-order valence-corrected chi connectivity index (χ2v) is 6.19. The molecule has 0 fully saturated rings. The van der Waals surface area contributed by atoms with Gasteiger partial charge >= 0.3 is 0 Å². The van der Waals surface area contributed by atoms with Crippen molar-refractivity contribution in [2.24, 2.45) is 0 Å². The molecule has 0 atom stereocenters. The lowest BCUT2D eigenvalue weighted by Gasteiger charge is -2.18. The fraction of sp³-hybridized carbons (Fsp3) is 0.105. The molecule has 1 heterocycles. The molecule has 5 nitrogen and oxygen atoms in total. The molecule has 130 valence electrons. The molecule has 2 aromatic carbocycles. The van der Waals surface area contributed by atoms with Crippen LogP contribution in [-0.4, -0.2) is 10.9 Å². The number of amides is 1. The van der Waals surface area contributed by atoms with E-state index in [1.165, 1.54) is 35.3 Å². The van der Waals surface area contributed by atoms with Crippen LogP contribution < -0.4 is 9.64 Å². The van der Waals surface area contributed by atoms with Crippen LogP contribution in [0.15, 0.2) is 53.9 Å².